The predicted octanol–water partition coefficient (Wildman–Crippen LogP) is 1.12. The Morgan fingerprint density at radius 2 is 2.29 bits per heavy atom. The maximum absolute atomic E-state index is 11.4. The summed E-state index contributed by atoms with van der Waals surface area (Å²) in [5, 5.41) is 13.3. The molecule has 0 saturated heterocycles. The van der Waals surface area contributed by atoms with Gasteiger partial charge in [0, 0.05) is 18.9 Å². The number of aromatic amines is 1. The Labute approximate surface area is 100 Å². The summed E-state index contributed by atoms with van der Waals surface area (Å²) in [4.78, 5) is 17.9. The van der Waals surface area contributed by atoms with Gasteiger partial charge in [-0.2, -0.15) is 0 Å². The second kappa shape index (κ2) is 4.87. The quantitative estimate of drug-likeness (QED) is 0.736. The first kappa shape index (κ1) is 12.1. The number of hydrogen-bond acceptors (Lipinski definition) is 4. The molecule has 0 amide bonds. The molecule has 2 rings (SSSR count). The van der Waals surface area contributed by atoms with Crippen molar-refractivity contribution < 1.29 is 5.11 Å². The number of aliphatic hydroxyl groups is 1. The van der Waals surface area contributed by atoms with Crippen molar-refractivity contribution >= 4 is 5.82 Å². The van der Waals surface area contributed by atoms with E-state index >= 15 is 0 Å². The highest BCUT2D eigenvalue weighted by Gasteiger charge is 2.31. The van der Waals surface area contributed by atoms with Gasteiger partial charge in [0.05, 0.1) is 5.60 Å². The molecule has 3 N–H and O–H groups in total. The van der Waals surface area contributed by atoms with Crippen LogP contribution in [0.25, 0.3) is 0 Å². The van der Waals surface area contributed by atoms with Crippen LogP contribution in [0, 0.1) is 5.92 Å². The van der Waals surface area contributed by atoms with Crippen LogP contribution in [0.2, 0.25) is 0 Å². The van der Waals surface area contributed by atoms with Crippen molar-refractivity contribution in [2.24, 2.45) is 5.92 Å². The van der Waals surface area contributed by atoms with E-state index in [-0.39, 0.29) is 11.4 Å². The van der Waals surface area contributed by atoms with E-state index in [4.69, 9.17) is 0 Å². The largest absolute Gasteiger partial charge is 0.388 e. The Hall–Kier alpha value is -1.36. The summed E-state index contributed by atoms with van der Waals surface area (Å²) in [6.45, 7) is 2.59. The number of anilines is 1. The van der Waals surface area contributed by atoms with Crippen molar-refractivity contribution in [3.05, 3.63) is 22.7 Å². The lowest BCUT2D eigenvalue weighted by Gasteiger charge is -2.34. The average Bonchev–Trinajstić information content (AvgIpc) is 2.33. The molecule has 0 atom stereocenters. The zero-order valence-electron chi connectivity index (χ0n) is 10.1. The fourth-order valence-corrected chi connectivity index (χ4v) is 2.20. The van der Waals surface area contributed by atoms with Crippen LogP contribution in [0.3, 0.4) is 0 Å². The fraction of sp³-hybridized carbons (Fsp3) is 0.667. The minimum absolute atomic E-state index is 0.250. The average molecular weight is 237 g/mol. The van der Waals surface area contributed by atoms with Crippen LogP contribution in [0.4, 0.5) is 5.82 Å². The van der Waals surface area contributed by atoms with Gasteiger partial charge in [-0.25, -0.2) is 4.98 Å². The molecule has 0 aliphatic heterocycles. The van der Waals surface area contributed by atoms with E-state index in [1.807, 2.05) is 0 Å². The molecular formula is C12H19N3O2. The Bertz CT molecular complexity index is 422. The minimum atomic E-state index is -0.698. The van der Waals surface area contributed by atoms with Crippen LogP contribution in [-0.2, 0) is 0 Å². The van der Waals surface area contributed by atoms with E-state index in [9.17, 15) is 9.90 Å². The van der Waals surface area contributed by atoms with Crippen molar-refractivity contribution in [2.75, 3.05) is 11.9 Å². The summed E-state index contributed by atoms with van der Waals surface area (Å²) in [5.41, 5.74) is -0.948. The monoisotopic (exact) mass is 237 g/mol. The molecule has 1 heterocycles. The van der Waals surface area contributed by atoms with Crippen molar-refractivity contribution in [3.63, 3.8) is 0 Å². The molecule has 1 aliphatic rings. The van der Waals surface area contributed by atoms with Crippen LogP contribution >= 0.6 is 0 Å². The highest BCUT2D eigenvalue weighted by Crippen LogP contribution is 2.31. The molecule has 1 aromatic heterocycles. The number of nitrogens with one attached hydrogen (secondary N) is 2. The smallest absolute Gasteiger partial charge is 0.290 e. The molecule has 0 radical (unpaired) electrons. The summed E-state index contributed by atoms with van der Waals surface area (Å²) in [5.74, 6) is 0.966. The predicted molar refractivity (Wildman–Crippen MR) is 65.9 cm³/mol. The van der Waals surface area contributed by atoms with Crippen molar-refractivity contribution in [1.29, 1.82) is 0 Å². The first-order chi connectivity index (χ1) is 8.09. The molecule has 1 aromatic rings. The van der Waals surface area contributed by atoms with Crippen molar-refractivity contribution in [2.45, 2.75) is 38.2 Å². The Balaban J connectivity index is 1.94. The second-order valence-electron chi connectivity index (χ2n) is 5.03. The Kier molecular flexibility index (Phi) is 3.47. The number of nitrogens with zero attached hydrogens (tertiary/aromatic N) is 1. The zero-order valence-corrected chi connectivity index (χ0v) is 10.1. The highest BCUT2D eigenvalue weighted by atomic mass is 16.3. The summed E-state index contributed by atoms with van der Waals surface area (Å²) in [7, 11) is 0. The summed E-state index contributed by atoms with van der Waals surface area (Å²) in [6, 6.07) is 0. The minimum Gasteiger partial charge on any atom is -0.388 e. The van der Waals surface area contributed by atoms with Gasteiger partial charge in [-0.05, 0) is 31.6 Å². The molecule has 1 aliphatic carbocycles. The number of H-pyrrole nitrogens is 1. The SMILES string of the molecule is CC1CCC(O)(CNc2ncc[nH]c2=O)CC1. The van der Waals surface area contributed by atoms with Gasteiger partial charge >= 0.3 is 0 Å². The molecule has 1 saturated carbocycles. The normalized spacial score (nSPS) is 28.9. The van der Waals surface area contributed by atoms with Gasteiger partial charge in [-0.1, -0.05) is 6.92 Å². The van der Waals surface area contributed by atoms with E-state index in [1.165, 1.54) is 12.4 Å². The molecule has 17 heavy (non-hydrogen) atoms. The standard InChI is InChI=1S/C12H19N3O2/c1-9-2-4-12(17,5-3-9)8-15-10-11(16)14-7-6-13-10/h6-7,9,17H,2-5,8H2,1H3,(H,13,15)(H,14,16). The van der Waals surface area contributed by atoms with Gasteiger partial charge in [-0.15, -0.1) is 0 Å². The van der Waals surface area contributed by atoms with Gasteiger partial charge in [0.25, 0.3) is 5.56 Å². The first-order valence-corrected chi connectivity index (χ1v) is 6.09. The van der Waals surface area contributed by atoms with Gasteiger partial charge in [0.2, 0.25) is 0 Å². The van der Waals surface area contributed by atoms with Gasteiger partial charge in [0.15, 0.2) is 5.82 Å². The van der Waals surface area contributed by atoms with E-state index in [0.717, 1.165) is 25.7 Å². The molecule has 0 bridgehead atoms. The lowest BCUT2D eigenvalue weighted by Crippen LogP contribution is -2.41. The molecule has 5 heteroatoms. The highest BCUT2D eigenvalue weighted by molar-refractivity contribution is 5.30. The van der Waals surface area contributed by atoms with Crippen LogP contribution in [0.1, 0.15) is 32.6 Å². The summed E-state index contributed by atoms with van der Waals surface area (Å²) in [6.07, 6.45) is 6.66. The third-order valence-corrected chi connectivity index (χ3v) is 3.50. The van der Waals surface area contributed by atoms with E-state index < -0.39 is 5.60 Å². The number of hydrogen-bond donors (Lipinski definition) is 3. The molecule has 0 aromatic carbocycles. The Morgan fingerprint density at radius 1 is 1.59 bits per heavy atom. The van der Waals surface area contributed by atoms with Crippen LogP contribution in [0.5, 0.6) is 0 Å². The third kappa shape index (κ3) is 3.06. The molecule has 94 valence electrons. The molecule has 0 spiro atoms. The Morgan fingerprint density at radius 3 is 2.94 bits per heavy atom. The summed E-state index contributed by atoms with van der Waals surface area (Å²) >= 11 is 0. The lowest BCUT2D eigenvalue weighted by molar-refractivity contribution is 0.00493. The lowest BCUT2D eigenvalue weighted by atomic mass is 9.79. The molecule has 5 nitrogen and oxygen atoms in total. The van der Waals surface area contributed by atoms with Gasteiger partial charge in [0.1, 0.15) is 0 Å². The zero-order chi connectivity index (χ0) is 12.3. The van der Waals surface area contributed by atoms with Crippen LogP contribution in [-0.4, -0.2) is 27.2 Å². The second-order valence-corrected chi connectivity index (χ2v) is 5.03. The number of aromatic nitrogens is 2. The van der Waals surface area contributed by atoms with Gasteiger partial charge in [-0.3, -0.25) is 4.79 Å². The van der Waals surface area contributed by atoms with Gasteiger partial charge < -0.3 is 15.4 Å². The van der Waals surface area contributed by atoms with E-state index in [0.29, 0.717) is 12.5 Å². The molecular weight excluding hydrogens is 218 g/mol. The number of rotatable bonds is 3. The summed E-state index contributed by atoms with van der Waals surface area (Å²) < 4.78 is 0. The van der Waals surface area contributed by atoms with E-state index in [2.05, 4.69) is 22.2 Å². The van der Waals surface area contributed by atoms with Crippen LogP contribution < -0.4 is 10.9 Å². The third-order valence-electron chi connectivity index (χ3n) is 3.50. The van der Waals surface area contributed by atoms with E-state index in [1.54, 1.807) is 0 Å². The molecule has 0 unspecified atom stereocenters. The van der Waals surface area contributed by atoms with Crippen molar-refractivity contribution in [1.82, 2.24) is 9.97 Å². The maximum Gasteiger partial charge on any atom is 0.290 e. The van der Waals surface area contributed by atoms with Crippen molar-refractivity contribution in [3.8, 4) is 0 Å². The fourth-order valence-electron chi connectivity index (χ4n) is 2.20. The topological polar surface area (TPSA) is 78.0 Å². The first-order valence-electron chi connectivity index (χ1n) is 6.09. The van der Waals surface area contributed by atoms with Crippen LogP contribution in [0.15, 0.2) is 17.2 Å². The maximum atomic E-state index is 11.4. The molecule has 1 fully saturated rings.